The van der Waals surface area contributed by atoms with Gasteiger partial charge in [-0.2, -0.15) is 5.10 Å². The lowest BCUT2D eigenvalue weighted by Crippen LogP contribution is -2.20. The minimum Gasteiger partial charge on any atom is -0.493 e. The van der Waals surface area contributed by atoms with E-state index in [1.54, 1.807) is 30.3 Å². The molecule has 0 bridgehead atoms. The number of anilines is 1. The third-order valence-electron chi connectivity index (χ3n) is 4.94. The largest absolute Gasteiger partial charge is 0.493 e. The van der Waals surface area contributed by atoms with E-state index in [-0.39, 0.29) is 12.5 Å². The van der Waals surface area contributed by atoms with E-state index in [4.69, 9.17) is 15.2 Å². The Morgan fingerprint density at radius 2 is 1.80 bits per heavy atom. The van der Waals surface area contributed by atoms with Crippen LogP contribution in [0.25, 0.3) is 28.9 Å². The molecule has 0 radical (unpaired) electrons. The normalized spacial score (nSPS) is 10.8. The maximum Gasteiger partial charge on any atom is 0.255 e. The van der Waals surface area contributed by atoms with Gasteiger partial charge in [0.1, 0.15) is 0 Å². The fraction of sp³-hybridized carbons (Fsp3) is 0.0769. The molecule has 3 aromatic carbocycles. The van der Waals surface area contributed by atoms with Gasteiger partial charge in [-0.25, -0.2) is 4.98 Å². The molecular formula is C26H23N5O4. The predicted octanol–water partition coefficient (Wildman–Crippen LogP) is 3.66. The Balaban J connectivity index is 1.48. The van der Waals surface area contributed by atoms with Crippen molar-refractivity contribution in [2.24, 2.45) is 5.73 Å². The van der Waals surface area contributed by atoms with E-state index in [0.717, 1.165) is 5.56 Å². The molecular weight excluding hydrogens is 446 g/mol. The second kappa shape index (κ2) is 10.8. The van der Waals surface area contributed by atoms with Crippen LogP contribution in [0.1, 0.15) is 5.56 Å². The standard InChI is InChI=1S/C26H23N5O4/c1-34-22-15-17(11-13-21(22)35-16-23(27)32)12-14-24(33)28-20-10-6-5-9-19(20)26-29-25(30-31-26)18-7-3-2-4-8-18/h2-15H,16H2,1H3,(H2,27,32)(H,28,33)(H,29,30,31)/b14-12+. The molecule has 0 saturated heterocycles. The third kappa shape index (κ3) is 5.91. The SMILES string of the molecule is COc1cc(/C=C/C(=O)Nc2ccccc2-c2nc(-c3ccccc3)n[nH]2)ccc1OCC(N)=O. The lowest BCUT2D eigenvalue weighted by atomic mass is 10.1. The van der Waals surface area contributed by atoms with Crippen molar-refractivity contribution in [3.63, 3.8) is 0 Å². The Morgan fingerprint density at radius 3 is 2.57 bits per heavy atom. The van der Waals surface area contributed by atoms with Gasteiger partial charge in [0, 0.05) is 17.2 Å². The average Bonchev–Trinajstić information content (AvgIpc) is 3.37. The molecule has 0 aliphatic heterocycles. The van der Waals surface area contributed by atoms with Gasteiger partial charge in [-0.3, -0.25) is 14.7 Å². The van der Waals surface area contributed by atoms with Crippen molar-refractivity contribution < 1.29 is 19.1 Å². The first kappa shape index (κ1) is 23.2. The Kier molecular flexibility index (Phi) is 7.17. The van der Waals surface area contributed by atoms with Crippen molar-refractivity contribution in [1.29, 1.82) is 0 Å². The number of methoxy groups -OCH3 is 1. The summed E-state index contributed by atoms with van der Waals surface area (Å²) in [4.78, 5) is 28.2. The minimum absolute atomic E-state index is 0.259. The Bertz CT molecular complexity index is 1370. The monoisotopic (exact) mass is 469 g/mol. The van der Waals surface area contributed by atoms with Gasteiger partial charge >= 0.3 is 0 Å². The first-order valence-electron chi connectivity index (χ1n) is 10.7. The molecule has 176 valence electrons. The molecule has 0 fully saturated rings. The van der Waals surface area contributed by atoms with Gasteiger partial charge in [-0.05, 0) is 35.9 Å². The highest BCUT2D eigenvalue weighted by Crippen LogP contribution is 2.29. The first-order valence-corrected chi connectivity index (χ1v) is 10.7. The molecule has 1 heterocycles. The highest BCUT2D eigenvalue weighted by atomic mass is 16.5. The number of carbonyl (C=O) groups excluding carboxylic acids is 2. The van der Waals surface area contributed by atoms with E-state index in [1.165, 1.54) is 13.2 Å². The maximum absolute atomic E-state index is 12.6. The van der Waals surface area contributed by atoms with Crippen molar-refractivity contribution >= 4 is 23.6 Å². The van der Waals surface area contributed by atoms with Crippen molar-refractivity contribution in [3.05, 3.63) is 84.4 Å². The van der Waals surface area contributed by atoms with E-state index in [1.807, 2.05) is 48.5 Å². The highest BCUT2D eigenvalue weighted by Gasteiger charge is 2.12. The number of aromatic amines is 1. The Hall–Kier alpha value is -4.92. The van der Waals surface area contributed by atoms with Gasteiger partial charge in [-0.15, -0.1) is 0 Å². The number of carbonyl (C=O) groups is 2. The van der Waals surface area contributed by atoms with Crippen LogP contribution in [0.4, 0.5) is 5.69 Å². The van der Waals surface area contributed by atoms with Crippen LogP contribution in [0.2, 0.25) is 0 Å². The summed E-state index contributed by atoms with van der Waals surface area (Å²) in [5.41, 5.74) is 8.01. The molecule has 0 aliphatic rings. The van der Waals surface area contributed by atoms with E-state index >= 15 is 0 Å². The van der Waals surface area contributed by atoms with Gasteiger partial charge in [0.15, 0.2) is 29.8 Å². The number of hydrogen-bond acceptors (Lipinski definition) is 6. The molecule has 0 unspecified atom stereocenters. The number of H-pyrrole nitrogens is 1. The Labute approximate surface area is 201 Å². The zero-order valence-corrected chi connectivity index (χ0v) is 18.9. The molecule has 35 heavy (non-hydrogen) atoms. The number of ether oxygens (including phenoxy) is 2. The van der Waals surface area contributed by atoms with Crippen molar-refractivity contribution in [3.8, 4) is 34.3 Å². The molecule has 4 rings (SSSR count). The molecule has 9 nitrogen and oxygen atoms in total. The molecule has 0 aliphatic carbocycles. The zero-order chi connectivity index (χ0) is 24.6. The van der Waals surface area contributed by atoms with Crippen LogP contribution in [0.5, 0.6) is 11.5 Å². The smallest absolute Gasteiger partial charge is 0.255 e. The van der Waals surface area contributed by atoms with Gasteiger partial charge in [0.2, 0.25) is 5.91 Å². The van der Waals surface area contributed by atoms with Crippen molar-refractivity contribution in [1.82, 2.24) is 15.2 Å². The summed E-state index contributed by atoms with van der Waals surface area (Å²) in [6.07, 6.45) is 3.05. The van der Waals surface area contributed by atoms with Crippen molar-refractivity contribution in [2.75, 3.05) is 19.0 Å². The lowest BCUT2D eigenvalue weighted by molar-refractivity contribution is -0.120. The number of nitrogens with one attached hydrogen (secondary N) is 2. The number of aromatic nitrogens is 3. The lowest BCUT2D eigenvalue weighted by Gasteiger charge is -2.10. The zero-order valence-electron chi connectivity index (χ0n) is 18.9. The van der Waals surface area contributed by atoms with Gasteiger partial charge in [-0.1, -0.05) is 48.5 Å². The number of nitrogens with two attached hydrogens (primary N) is 1. The number of hydrogen-bond donors (Lipinski definition) is 3. The number of amides is 2. The van der Waals surface area contributed by atoms with Crippen LogP contribution < -0.4 is 20.5 Å². The van der Waals surface area contributed by atoms with E-state index in [0.29, 0.717) is 40.0 Å². The topological polar surface area (TPSA) is 132 Å². The van der Waals surface area contributed by atoms with E-state index < -0.39 is 5.91 Å². The fourth-order valence-corrected chi connectivity index (χ4v) is 3.30. The van der Waals surface area contributed by atoms with Gasteiger partial charge in [0.25, 0.3) is 5.91 Å². The summed E-state index contributed by atoms with van der Waals surface area (Å²) < 4.78 is 10.6. The average molecular weight is 470 g/mol. The molecule has 2 amide bonds. The maximum atomic E-state index is 12.6. The highest BCUT2D eigenvalue weighted by molar-refractivity contribution is 6.04. The van der Waals surface area contributed by atoms with Gasteiger partial charge < -0.3 is 20.5 Å². The molecule has 0 saturated carbocycles. The van der Waals surface area contributed by atoms with Crippen LogP contribution in [-0.2, 0) is 9.59 Å². The molecule has 0 atom stereocenters. The van der Waals surface area contributed by atoms with E-state index in [9.17, 15) is 9.59 Å². The molecule has 1 aromatic heterocycles. The summed E-state index contributed by atoms with van der Waals surface area (Å²) in [5, 5.41) is 10.1. The Morgan fingerprint density at radius 1 is 1.03 bits per heavy atom. The van der Waals surface area contributed by atoms with Gasteiger partial charge in [0.05, 0.1) is 12.8 Å². The summed E-state index contributed by atoms with van der Waals surface area (Å²) in [7, 11) is 1.48. The van der Waals surface area contributed by atoms with Crippen LogP contribution >= 0.6 is 0 Å². The fourth-order valence-electron chi connectivity index (χ4n) is 3.30. The first-order chi connectivity index (χ1) is 17.0. The third-order valence-corrected chi connectivity index (χ3v) is 4.94. The predicted molar refractivity (Wildman–Crippen MR) is 133 cm³/mol. The van der Waals surface area contributed by atoms with Crippen LogP contribution in [0.15, 0.2) is 78.9 Å². The molecule has 4 aromatic rings. The second-order valence-electron chi connectivity index (χ2n) is 7.41. The van der Waals surface area contributed by atoms with Crippen LogP contribution in [0, 0.1) is 0 Å². The summed E-state index contributed by atoms with van der Waals surface area (Å²) in [5.74, 6) is 0.990. The summed E-state index contributed by atoms with van der Waals surface area (Å²) >= 11 is 0. The number of primary amides is 1. The second-order valence-corrected chi connectivity index (χ2v) is 7.41. The number of nitrogens with zero attached hydrogens (tertiary/aromatic N) is 2. The molecule has 4 N–H and O–H groups in total. The van der Waals surface area contributed by atoms with Crippen LogP contribution in [0.3, 0.4) is 0 Å². The quantitative estimate of drug-likeness (QED) is 0.321. The number of benzene rings is 3. The molecule has 9 heteroatoms. The van der Waals surface area contributed by atoms with Crippen molar-refractivity contribution in [2.45, 2.75) is 0 Å². The summed E-state index contributed by atoms with van der Waals surface area (Å²) in [6, 6.07) is 22.0. The van der Waals surface area contributed by atoms with Crippen LogP contribution in [-0.4, -0.2) is 40.7 Å². The number of para-hydroxylation sites is 1. The minimum atomic E-state index is -0.588. The summed E-state index contributed by atoms with van der Waals surface area (Å²) in [6.45, 7) is -0.259. The van der Waals surface area contributed by atoms with E-state index in [2.05, 4.69) is 20.5 Å². The number of rotatable bonds is 9. The molecule has 0 spiro atoms.